The van der Waals surface area contributed by atoms with E-state index >= 15 is 0 Å². The predicted octanol–water partition coefficient (Wildman–Crippen LogP) is 5.96. The van der Waals surface area contributed by atoms with Gasteiger partial charge in [0.2, 0.25) is 0 Å². The van der Waals surface area contributed by atoms with Gasteiger partial charge in [-0.25, -0.2) is 13.6 Å². The monoisotopic (exact) mass is 510 g/mol. The summed E-state index contributed by atoms with van der Waals surface area (Å²) >= 11 is 6.01. The molecule has 36 heavy (non-hydrogen) atoms. The van der Waals surface area contributed by atoms with Crippen molar-refractivity contribution in [3.05, 3.63) is 106 Å². The molecule has 0 fully saturated rings. The molecule has 0 saturated heterocycles. The van der Waals surface area contributed by atoms with Gasteiger partial charge in [0, 0.05) is 17.0 Å². The highest BCUT2D eigenvalue weighted by Gasteiger charge is 2.36. The molecule has 1 N–H and O–H groups in total. The number of nitrogens with one attached hydrogen (secondary N) is 1. The van der Waals surface area contributed by atoms with Crippen LogP contribution in [-0.2, 0) is 16.0 Å². The van der Waals surface area contributed by atoms with E-state index in [4.69, 9.17) is 16.3 Å². The third-order valence-electron chi connectivity index (χ3n) is 5.84. The zero-order valence-corrected chi connectivity index (χ0v) is 20.8. The molecule has 1 amide bonds. The van der Waals surface area contributed by atoms with Gasteiger partial charge in [-0.3, -0.25) is 4.79 Å². The van der Waals surface area contributed by atoms with Crippen LogP contribution in [0.1, 0.15) is 53.7 Å². The van der Waals surface area contributed by atoms with Crippen LogP contribution in [0.15, 0.2) is 66.7 Å². The molecule has 5 nitrogen and oxygen atoms in total. The number of benzene rings is 3. The van der Waals surface area contributed by atoms with Gasteiger partial charge in [0.25, 0.3) is 5.91 Å². The summed E-state index contributed by atoms with van der Waals surface area (Å²) in [7, 11) is 0. The lowest BCUT2D eigenvalue weighted by Gasteiger charge is -2.30. The van der Waals surface area contributed by atoms with Gasteiger partial charge in [-0.15, -0.1) is 0 Å². The Kier molecular flexibility index (Phi) is 8.44. The number of halogens is 3. The van der Waals surface area contributed by atoms with Crippen LogP contribution in [0.4, 0.5) is 8.78 Å². The van der Waals surface area contributed by atoms with E-state index in [-0.39, 0.29) is 5.92 Å². The summed E-state index contributed by atoms with van der Waals surface area (Å²) in [5.74, 6) is -4.33. The minimum atomic E-state index is -1.72. The van der Waals surface area contributed by atoms with Crippen LogP contribution in [0.25, 0.3) is 0 Å². The van der Waals surface area contributed by atoms with Crippen LogP contribution in [0.3, 0.4) is 0 Å². The molecule has 0 spiro atoms. The second-order valence-corrected chi connectivity index (χ2v) is 9.37. The summed E-state index contributed by atoms with van der Waals surface area (Å²) in [5.41, 5.74) is -0.304. The summed E-state index contributed by atoms with van der Waals surface area (Å²) in [5, 5.41) is 12.8. The molecule has 0 aliphatic carbocycles. The van der Waals surface area contributed by atoms with E-state index in [0.29, 0.717) is 17.0 Å². The summed E-state index contributed by atoms with van der Waals surface area (Å²) in [4.78, 5) is 25.6. The molecule has 8 heteroatoms. The molecule has 0 unspecified atom stereocenters. The van der Waals surface area contributed by atoms with E-state index in [2.05, 4.69) is 11.4 Å². The first-order valence-electron chi connectivity index (χ1n) is 11.2. The number of esters is 1. The number of carbonyl (C=O) groups is 2. The quantitative estimate of drug-likeness (QED) is 0.379. The predicted molar refractivity (Wildman–Crippen MR) is 133 cm³/mol. The van der Waals surface area contributed by atoms with E-state index in [9.17, 15) is 23.6 Å². The fourth-order valence-electron chi connectivity index (χ4n) is 3.80. The molecule has 3 rings (SSSR count). The molecule has 0 heterocycles. The van der Waals surface area contributed by atoms with Crippen LogP contribution < -0.4 is 5.32 Å². The molecule has 0 radical (unpaired) electrons. The number of carbonyl (C=O) groups excluding carboxylic acids is 2. The van der Waals surface area contributed by atoms with Crippen molar-refractivity contribution < 1.29 is 23.1 Å². The van der Waals surface area contributed by atoms with Gasteiger partial charge < -0.3 is 10.1 Å². The normalized spacial score (nSPS) is 12.8. The van der Waals surface area contributed by atoms with Crippen LogP contribution in [0, 0.1) is 23.0 Å². The van der Waals surface area contributed by atoms with Gasteiger partial charge >= 0.3 is 5.97 Å². The number of ether oxygens (including phenoxy) is 1. The molecular weight excluding hydrogens is 486 g/mol. The number of rotatable bonds is 8. The molecule has 0 aromatic heterocycles. The van der Waals surface area contributed by atoms with Crippen molar-refractivity contribution in [1.29, 1.82) is 5.26 Å². The number of amides is 1. The van der Waals surface area contributed by atoms with Gasteiger partial charge in [0.05, 0.1) is 11.6 Å². The third kappa shape index (κ3) is 6.46. The Labute approximate surface area is 213 Å². The first-order chi connectivity index (χ1) is 17.0. The topological polar surface area (TPSA) is 79.2 Å². The van der Waals surface area contributed by atoms with Crippen molar-refractivity contribution in [1.82, 2.24) is 5.32 Å². The van der Waals surface area contributed by atoms with Gasteiger partial charge in [0.15, 0.2) is 5.60 Å². The van der Waals surface area contributed by atoms with E-state index in [1.807, 2.05) is 18.2 Å². The Bertz CT molecular complexity index is 1280. The second-order valence-electron chi connectivity index (χ2n) is 8.93. The zero-order valence-electron chi connectivity index (χ0n) is 20.0. The number of nitriles is 1. The minimum absolute atomic E-state index is 0.251. The highest BCUT2D eigenvalue weighted by molar-refractivity contribution is 6.30. The average molecular weight is 511 g/mol. The highest BCUT2D eigenvalue weighted by Crippen LogP contribution is 2.27. The maximum atomic E-state index is 14.0. The maximum Gasteiger partial charge on any atom is 0.345 e. The van der Waals surface area contributed by atoms with Gasteiger partial charge in [-0.2, -0.15) is 5.26 Å². The molecule has 2 atom stereocenters. The largest absolute Gasteiger partial charge is 0.446 e. The van der Waals surface area contributed by atoms with E-state index in [1.54, 1.807) is 37.3 Å². The molecule has 0 aliphatic rings. The Morgan fingerprint density at radius 1 is 1.06 bits per heavy atom. The van der Waals surface area contributed by atoms with Crippen molar-refractivity contribution in [2.45, 2.75) is 44.8 Å². The van der Waals surface area contributed by atoms with Gasteiger partial charge in [0.1, 0.15) is 17.2 Å². The van der Waals surface area contributed by atoms with Crippen molar-refractivity contribution in [2.75, 3.05) is 0 Å². The second kappa shape index (κ2) is 11.3. The van der Waals surface area contributed by atoms with Crippen LogP contribution in [0.2, 0.25) is 5.02 Å². The first-order valence-corrected chi connectivity index (χ1v) is 11.6. The smallest absolute Gasteiger partial charge is 0.345 e. The molecule has 186 valence electrons. The third-order valence-corrected chi connectivity index (χ3v) is 6.09. The molecule has 3 aromatic rings. The molecule has 3 aromatic carbocycles. The Hall–Kier alpha value is -3.76. The van der Waals surface area contributed by atoms with Crippen LogP contribution >= 0.6 is 11.6 Å². The Morgan fingerprint density at radius 3 is 2.28 bits per heavy atom. The van der Waals surface area contributed by atoms with E-state index < -0.39 is 40.7 Å². The van der Waals surface area contributed by atoms with Gasteiger partial charge in [-0.1, -0.05) is 41.9 Å². The summed E-state index contributed by atoms with van der Waals surface area (Å²) < 4.78 is 33.2. The van der Waals surface area contributed by atoms with Crippen molar-refractivity contribution in [2.24, 2.45) is 0 Å². The highest BCUT2D eigenvalue weighted by atomic mass is 35.5. The van der Waals surface area contributed by atoms with Crippen molar-refractivity contribution in [3.63, 3.8) is 0 Å². The van der Waals surface area contributed by atoms with E-state index in [1.165, 1.54) is 13.8 Å². The standard InChI is InChI=1S/C28H25ClF2N2O3/c1-17(33-27(35)28(2,3)36-26(34)25-23(30)8-5-9-24(25)31)22(15-18-10-12-21(29)13-11-18)20-7-4-6-19(14-20)16-32/h4-14,17,22H,15H2,1-3H3,(H,33,35)/t17-,22+/m0/s1. The van der Waals surface area contributed by atoms with E-state index in [0.717, 1.165) is 29.3 Å². The maximum absolute atomic E-state index is 14.0. The van der Waals surface area contributed by atoms with Gasteiger partial charge in [-0.05, 0) is 74.7 Å². The Balaban J connectivity index is 1.82. The molecular formula is C28H25ClF2N2O3. The zero-order chi connectivity index (χ0) is 26.5. The summed E-state index contributed by atoms with van der Waals surface area (Å²) in [6.07, 6.45) is 0.522. The van der Waals surface area contributed by atoms with Crippen molar-refractivity contribution in [3.8, 4) is 6.07 Å². The number of hydrogen-bond acceptors (Lipinski definition) is 4. The first kappa shape index (κ1) is 26.8. The lowest BCUT2D eigenvalue weighted by Crippen LogP contribution is -2.50. The van der Waals surface area contributed by atoms with Crippen molar-refractivity contribution >= 4 is 23.5 Å². The fraction of sp³-hybridized carbons (Fsp3) is 0.250. The van der Waals surface area contributed by atoms with Crippen LogP contribution in [0.5, 0.6) is 0 Å². The van der Waals surface area contributed by atoms with Crippen LogP contribution in [-0.4, -0.2) is 23.5 Å². The SMILES string of the molecule is C[C@H](NC(=O)C(C)(C)OC(=O)c1c(F)cccc1F)[C@@H](Cc1ccc(Cl)cc1)c1cccc(C#N)c1. The Morgan fingerprint density at radius 2 is 1.67 bits per heavy atom. The summed E-state index contributed by atoms with van der Waals surface area (Å²) in [6, 6.07) is 19.0. The molecule has 0 saturated carbocycles. The number of hydrogen-bond donors (Lipinski definition) is 1. The average Bonchev–Trinajstić information content (AvgIpc) is 2.83. The minimum Gasteiger partial charge on any atom is -0.446 e. The molecule has 0 aliphatic heterocycles. The molecule has 0 bridgehead atoms. The fourth-order valence-corrected chi connectivity index (χ4v) is 3.93. The number of nitrogens with zero attached hydrogens (tertiary/aromatic N) is 1. The lowest BCUT2D eigenvalue weighted by atomic mass is 9.85. The summed E-state index contributed by atoms with van der Waals surface area (Å²) in [6.45, 7) is 4.48. The lowest BCUT2D eigenvalue weighted by molar-refractivity contribution is -0.138.